The zero-order chi connectivity index (χ0) is 17.6. The van der Waals surface area contributed by atoms with E-state index in [1.165, 1.54) is 38.5 Å². The van der Waals surface area contributed by atoms with Crippen molar-refractivity contribution in [2.75, 3.05) is 19.8 Å². The lowest BCUT2D eigenvalue weighted by Crippen LogP contribution is -2.27. The highest BCUT2D eigenvalue weighted by molar-refractivity contribution is 5.74. The summed E-state index contributed by atoms with van der Waals surface area (Å²) in [5.41, 5.74) is 0. The summed E-state index contributed by atoms with van der Waals surface area (Å²) in [5.74, 6) is -1.37. The van der Waals surface area contributed by atoms with E-state index in [0.717, 1.165) is 13.0 Å². The molecule has 5 heteroatoms. The molecule has 0 atom stereocenters. The highest BCUT2D eigenvalue weighted by Crippen LogP contribution is 2.29. The van der Waals surface area contributed by atoms with Crippen molar-refractivity contribution in [2.24, 2.45) is 11.8 Å². The molecule has 140 valence electrons. The van der Waals surface area contributed by atoms with Crippen molar-refractivity contribution in [2.45, 2.75) is 77.6 Å². The van der Waals surface area contributed by atoms with E-state index in [2.05, 4.69) is 6.92 Å². The van der Waals surface area contributed by atoms with Gasteiger partial charge in [-0.05, 0) is 32.1 Å². The normalized spacial score (nSPS) is 20.7. The van der Waals surface area contributed by atoms with Crippen LogP contribution in [-0.2, 0) is 19.1 Å². The molecular weight excluding hydrogens is 308 g/mol. The van der Waals surface area contributed by atoms with E-state index in [1.807, 2.05) is 0 Å². The zero-order valence-corrected chi connectivity index (χ0v) is 15.1. The predicted molar refractivity (Wildman–Crippen MR) is 92.9 cm³/mol. The third kappa shape index (κ3) is 9.26. The molecule has 5 nitrogen and oxygen atoms in total. The Morgan fingerprint density at radius 2 is 1.42 bits per heavy atom. The summed E-state index contributed by atoms with van der Waals surface area (Å²) in [5, 5.41) is 8.95. The van der Waals surface area contributed by atoms with E-state index in [4.69, 9.17) is 14.6 Å². The van der Waals surface area contributed by atoms with Crippen LogP contribution in [0.5, 0.6) is 0 Å². The van der Waals surface area contributed by atoms with Crippen LogP contribution in [-0.4, -0.2) is 36.9 Å². The fraction of sp³-hybridized carbons (Fsp3) is 0.895. The maximum atomic E-state index is 11.9. The average Bonchev–Trinajstić information content (AvgIpc) is 2.59. The number of carboxylic acids is 1. The van der Waals surface area contributed by atoms with E-state index in [-0.39, 0.29) is 17.8 Å². The van der Waals surface area contributed by atoms with Gasteiger partial charge in [0, 0.05) is 6.61 Å². The van der Waals surface area contributed by atoms with Crippen LogP contribution in [0.15, 0.2) is 0 Å². The zero-order valence-electron chi connectivity index (χ0n) is 15.1. The second-order valence-electron chi connectivity index (χ2n) is 6.79. The lowest BCUT2D eigenvalue weighted by Gasteiger charge is -2.24. The topological polar surface area (TPSA) is 72.8 Å². The van der Waals surface area contributed by atoms with Gasteiger partial charge in [0.2, 0.25) is 0 Å². The number of unbranched alkanes of at least 4 members (excludes halogenated alkanes) is 6. The van der Waals surface area contributed by atoms with Crippen molar-refractivity contribution in [3.8, 4) is 0 Å². The number of aliphatic carboxylic acids is 1. The van der Waals surface area contributed by atoms with Gasteiger partial charge in [0.15, 0.2) is 0 Å². The number of esters is 1. The molecule has 0 aliphatic heterocycles. The summed E-state index contributed by atoms with van der Waals surface area (Å²) in [6.07, 6.45) is 11.2. The number of carbonyl (C=O) groups is 2. The Balaban J connectivity index is 1.91. The van der Waals surface area contributed by atoms with Gasteiger partial charge in [-0.2, -0.15) is 0 Å². The van der Waals surface area contributed by atoms with Crippen LogP contribution in [0, 0.1) is 11.8 Å². The standard InChI is InChI=1S/C19H34O5/c1-2-3-4-5-6-7-8-13-23-14-15-24-19(22)17-11-9-16(10-12-17)18(20)21/h16-17H,2-15H2,1H3,(H,20,21). The van der Waals surface area contributed by atoms with Crippen molar-refractivity contribution >= 4 is 11.9 Å². The number of hydrogen-bond donors (Lipinski definition) is 1. The summed E-state index contributed by atoms with van der Waals surface area (Å²) in [6.45, 7) is 3.71. The van der Waals surface area contributed by atoms with Gasteiger partial charge in [-0.3, -0.25) is 9.59 Å². The van der Waals surface area contributed by atoms with Gasteiger partial charge in [0.25, 0.3) is 0 Å². The Kier molecular flexibility index (Phi) is 11.5. The molecule has 0 amide bonds. The Hall–Kier alpha value is -1.10. The number of ether oxygens (including phenoxy) is 2. The average molecular weight is 342 g/mol. The number of rotatable bonds is 13. The van der Waals surface area contributed by atoms with Crippen molar-refractivity contribution in [3.05, 3.63) is 0 Å². The fourth-order valence-corrected chi connectivity index (χ4v) is 3.16. The Morgan fingerprint density at radius 1 is 0.833 bits per heavy atom. The van der Waals surface area contributed by atoms with Gasteiger partial charge in [-0.1, -0.05) is 45.4 Å². The first-order chi connectivity index (χ1) is 11.6. The van der Waals surface area contributed by atoms with E-state index in [1.54, 1.807) is 0 Å². The maximum Gasteiger partial charge on any atom is 0.309 e. The van der Waals surface area contributed by atoms with Crippen LogP contribution in [0.3, 0.4) is 0 Å². The molecule has 1 saturated carbocycles. The minimum absolute atomic E-state index is 0.135. The molecule has 0 radical (unpaired) electrons. The summed E-state index contributed by atoms with van der Waals surface area (Å²) >= 11 is 0. The van der Waals surface area contributed by atoms with E-state index < -0.39 is 5.97 Å². The molecule has 0 aromatic heterocycles. The Morgan fingerprint density at radius 3 is 2.04 bits per heavy atom. The summed E-state index contributed by atoms with van der Waals surface area (Å²) in [7, 11) is 0. The molecule has 1 N–H and O–H groups in total. The van der Waals surface area contributed by atoms with Crippen molar-refractivity contribution in [3.63, 3.8) is 0 Å². The van der Waals surface area contributed by atoms with Gasteiger partial charge in [-0.15, -0.1) is 0 Å². The first-order valence-corrected chi connectivity index (χ1v) is 9.62. The monoisotopic (exact) mass is 342 g/mol. The first-order valence-electron chi connectivity index (χ1n) is 9.62. The molecule has 0 unspecified atom stereocenters. The van der Waals surface area contributed by atoms with Gasteiger partial charge >= 0.3 is 11.9 Å². The lowest BCUT2D eigenvalue weighted by molar-refractivity contribution is -0.153. The molecule has 0 heterocycles. The third-order valence-corrected chi connectivity index (χ3v) is 4.77. The molecule has 0 aromatic carbocycles. The minimum Gasteiger partial charge on any atom is -0.481 e. The van der Waals surface area contributed by atoms with Crippen molar-refractivity contribution in [1.82, 2.24) is 0 Å². The van der Waals surface area contributed by atoms with Crippen molar-refractivity contribution < 1.29 is 24.2 Å². The lowest BCUT2D eigenvalue weighted by atomic mass is 9.82. The number of carboxylic acid groups (broad SMARTS) is 1. The molecule has 0 saturated heterocycles. The van der Waals surface area contributed by atoms with E-state index in [0.29, 0.717) is 38.9 Å². The summed E-state index contributed by atoms with van der Waals surface area (Å²) < 4.78 is 10.7. The molecule has 0 bridgehead atoms. The smallest absolute Gasteiger partial charge is 0.309 e. The van der Waals surface area contributed by atoms with E-state index in [9.17, 15) is 9.59 Å². The first kappa shape index (κ1) is 20.9. The van der Waals surface area contributed by atoms with Gasteiger partial charge in [0.05, 0.1) is 18.4 Å². The summed E-state index contributed by atoms with van der Waals surface area (Å²) in [4.78, 5) is 22.8. The molecule has 1 fully saturated rings. The molecular formula is C19H34O5. The molecule has 1 aliphatic carbocycles. The van der Waals surface area contributed by atoms with Crippen LogP contribution >= 0.6 is 0 Å². The Bertz CT molecular complexity index is 348. The second kappa shape index (κ2) is 13.2. The molecule has 0 spiro atoms. The maximum absolute atomic E-state index is 11.9. The van der Waals surface area contributed by atoms with Gasteiger partial charge in [0.1, 0.15) is 6.61 Å². The quantitative estimate of drug-likeness (QED) is 0.401. The van der Waals surface area contributed by atoms with Crippen LogP contribution in [0.4, 0.5) is 0 Å². The van der Waals surface area contributed by atoms with Gasteiger partial charge < -0.3 is 14.6 Å². The molecule has 1 aliphatic rings. The summed E-state index contributed by atoms with van der Waals surface area (Å²) in [6, 6.07) is 0. The van der Waals surface area contributed by atoms with Crippen LogP contribution in [0.2, 0.25) is 0 Å². The highest BCUT2D eigenvalue weighted by atomic mass is 16.6. The number of carbonyl (C=O) groups excluding carboxylic acids is 1. The van der Waals surface area contributed by atoms with Crippen LogP contribution in [0.1, 0.15) is 77.6 Å². The minimum atomic E-state index is -0.749. The van der Waals surface area contributed by atoms with Crippen molar-refractivity contribution in [1.29, 1.82) is 0 Å². The Labute approximate surface area is 146 Å². The van der Waals surface area contributed by atoms with Crippen LogP contribution < -0.4 is 0 Å². The van der Waals surface area contributed by atoms with Crippen LogP contribution in [0.25, 0.3) is 0 Å². The fourth-order valence-electron chi connectivity index (χ4n) is 3.16. The second-order valence-corrected chi connectivity index (χ2v) is 6.79. The molecule has 24 heavy (non-hydrogen) atoms. The molecule has 1 rings (SSSR count). The predicted octanol–water partition coefficient (Wildman–Crippen LogP) is 4.19. The number of hydrogen-bond acceptors (Lipinski definition) is 4. The highest BCUT2D eigenvalue weighted by Gasteiger charge is 2.30. The SMILES string of the molecule is CCCCCCCCCOCCOC(=O)C1CCC(C(=O)O)CC1. The van der Waals surface area contributed by atoms with E-state index >= 15 is 0 Å². The molecule has 0 aromatic rings. The third-order valence-electron chi connectivity index (χ3n) is 4.77. The largest absolute Gasteiger partial charge is 0.481 e. The van der Waals surface area contributed by atoms with Gasteiger partial charge in [-0.25, -0.2) is 0 Å².